The molecule has 0 amide bonds. The van der Waals surface area contributed by atoms with E-state index in [0.29, 0.717) is 6.54 Å². The van der Waals surface area contributed by atoms with E-state index in [1.54, 1.807) is 16.7 Å². The van der Waals surface area contributed by atoms with E-state index >= 15 is 0 Å². The van der Waals surface area contributed by atoms with Crippen LogP contribution in [-0.2, 0) is 6.54 Å². The van der Waals surface area contributed by atoms with Crippen LogP contribution in [0, 0.1) is 12.8 Å². The number of carbonyl (C=O) groups is 1. The molecule has 2 rings (SSSR count). The number of hydrogen-bond donors (Lipinski definition) is 1. The average molecular weight is 310 g/mol. The fraction of sp³-hybridized carbons (Fsp3) is 0.263. The molecule has 2 aromatic rings. The first kappa shape index (κ1) is 16.7. The number of hydrogen-bond acceptors (Lipinski definition) is 2. The monoisotopic (exact) mass is 310 g/mol. The summed E-state index contributed by atoms with van der Waals surface area (Å²) in [6, 6.07) is 7.38. The van der Waals surface area contributed by atoms with Gasteiger partial charge in [-0.15, -0.1) is 0 Å². The van der Waals surface area contributed by atoms with Crippen LogP contribution in [0.4, 0.5) is 0 Å². The van der Waals surface area contributed by atoms with Crippen molar-refractivity contribution in [1.29, 1.82) is 0 Å². The smallest absolute Gasteiger partial charge is 0.352 e. The van der Waals surface area contributed by atoms with Crippen molar-refractivity contribution in [2.45, 2.75) is 27.3 Å². The zero-order valence-electron chi connectivity index (χ0n) is 13.8. The van der Waals surface area contributed by atoms with Crippen molar-refractivity contribution in [3.63, 3.8) is 0 Å². The molecule has 4 heteroatoms. The molecule has 0 saturated heterocycles. The summed E-state index contributed by atoms with van der Waals surface area (Å²) < 4.78 is 1.77. The van der Waals surface area contributed by atoms with Crippen LogP contribution < -0.4 is 0 Å². The van der Waals surface area contributed by atoms with Crippen molar-refractivity contribution in [3.05, 3.63) is 65.8 Å². The highest BCUT2D eigenvalue weighted by molar-refractivity contribution is 5.89. The van der Waals surface area contributed by atoms with E-state index in [1.807, 2.05) is 39.0 Å². The van der Waals surface area contributed by atoms with Crippen LogP contribution in [0.25, 0.3) is 11.6 Å². The molecule has 0 bridgehead atoms. The van der Waals surface area contributed by atoms with Crippen molar-refractivity contribution in [3.8, 4) is 0 Å². The number of allylic oxidation sites excluding steroid dienone is 1. The summed E-state index contributed by atoms with van der Waals surface area (Å²) in [5.41, 5.74) is 4.43. The summed E-state index contributed by atoms with van der Waals surface area (Å²) in [6.07, 6.45) is 1.68. The Morgan fingerprint density at radius 1 is 1.43 bits per heavy atom. The lowest BCUT2D eigenvalue weighted by Gasteiger charge is -2.17. The molecule has 0 aliphatic heterocycles. The molecule has 0 aliphatic rings. The molecular formula is C19H22N2O2. The zero-order valence-corrected chi connectivity index (χ0v) is 13.8. The van der Waals surface area contributed by atoms with Crippen LogP contribution in [0.15, 0.2) is 37.4 Å². The molecule has 4 nitrogen and oxygen atoms in total. The van der Waals surface area contributed by atoms with Crippen LogP contribution in [0.2, 0.25) is 0 Å². The second-order valence-electron chi connectivity index (χ2n) is 5.88. The van der Waals surface area contributed by atoms with Gasteiger partial charge in [0.1, 0.15) is 5.69 Å². The number of aromatic carboxylic acids is 1. The van der Waals surface area contributed by atoms with E-state index < -0.39 is 5.97 Å². The van der Waals surface area contributed by atoms with Gasteiger partial charge in [-0.05, 0) is 36.6 Å². The van der Waals surface area contributed by atoms with Gasteiger partial charge in [0.2, 0.25) is 0 Å². The minimum absolute atomic E-state index is 0.203. The van der Waals surface area contributed by atoms with Crippen LogP contribution in [-0.4, -0.2) is 20.6 Å². The first-order valence-electron chi connectivity index (χ1n) is 7.56. The topological polar surface area (TPSA) is 55.1 Å². The molecule has 2 heterocycles. The Kier molecular flexibility index (Phi) is 4.84. The molecule has 23 heavy (non-hydrogen) atoms. The number of rotatable bonds is 6. The number of pyridine rings is 1. The van der Waals surface area contributed by atoms with Gasteiger partial charge in [0, 0.05) is 11.3 Å². The molecule has 0 spiro atoms. The van der Waals surface area contributed by atoms with Crippen molar-refractivity contribution in [1.82, 2.24) is 9.55 Å². The average Bonchev–Trinajstić information content (AvgIpc) is 2.85. The fourth-order valence-electron chi connectivity index (χ4n) is 2.55. The van der Waals surface area contributed by atoms with Gasteiger partial charge < -0.3 is 9.67 Å². The second-order valence-corrected chi connectivity index (χ2v) is 5.88. The van der Waals surface area contributed by atoms with E-state index in [9.17, 15) is 9.90 Å². The molecule has 0 aromatic carbocycles. The van der Waals surface area contributed by atoms with Gasteiger partial charge in [-0.3, -0.25) is 4.98 Å². The lowest BCUT2D eigenvalue weighted by molar-refractivity contribution is 0.0685. The predicted molar refractivity (Wildman–Crippen MR) is 93.4 cm³/mol. The van der Waals surface area contributed by atoms with Crippen molar-refractivity contribution in [2.24, 2.45) is 5.92 Å². The molecule has 2 aromatic heterocycles. The third-order valence-electron chi connectivity index (χ3n) is 3.83. The summed E-state index contributed by atoms with van der Waals surface area (Å²) in [5, 5.41) is 9.55. The van der Waals surface area contributed by atoms with Gasteiger partial charge in [-0.1, -0.05) is 39.1 Å². The molecule has 0 atom stereocenters. The lowest BCUT2D eigenvalue weighted by Crippen LogP contribution is -2.14. The highest BCUT2D eigenvalue weighted by Crippen LogP contribution is 2.29. The summed E-state index contributed by atoms with van der Waals surface area (Å²) in [5.74, 6) is -0.766. The van der Waals surface area contributed by atoms with Crippen molar-refractivity contribution in [2.75, 3.05) is 0 Å². The first-order valence-corrected chi connectivity index (χ1v) is 7.56. The molecule has 0 fully saturated rings. The maximum Gasteiger partial charge on any atom is 0.352 e. The molecule has 0 saturated carbocycles. The van der Waals surface area contributed by atoms with Gasteiger partial charge in [-0.2, -0.15) is 0 Å². The highest BCUT2D eigenvalue weighted by atomic mass is 16.4. The lowest BCUT2D eigenvalue weighted by atomic mass is 9.99. The normalized spacial score (nSPS) is 10.8. The Hall–Kier alpha value is -2.62. The van der Waals surface area contributed by atoms with Crippen LogP contribution in [0.3, 0.4) is 0 Å². The van der Waals surface area contributed by atoms with Gasteiger partial charge in [-0.25, -0.2) is 4.79 Å². The summed E-state index contributed by atoms with van der Waals surface area (Å²) in [4.78, 5) is 16.1. The van der Waals surface area contributed by atoms with E-state index in [2.05, 4.69) is 18.1 Å². The number of aryl methyl sites for hydroxylation is 1. The quantitative estimate of drug-likeness (QED) is 0.867. The molecule has 0 radical (unpaired) electrons. The maximum atomic E-state index is 11.6. The first-order chi connectivity index (χ1) is 10.8. The maximum absolute atomic E-state index is 11.6. The third-order valence-corrected chi connectivity index (χ3v) is 3.83. The van der Waals surface area contributed by atoms with E-state index in [1.165, 1.54) is 0 Å². The molecule has 120 valence electrons. The molecule has 0 aliphatic carbocycles. The van der Waals surface area contributed by atoms with Gasteiger partial charge in [0.15, 0.2) is 0 Å². The number of aromatic nitrogens is 2. The van der Waals surface area contributed by atoms with E-state index in [0.717, 1.165) is 28.2 Å². The number of carboxylic acids is 1. The van der Waals surface area contributed by atoms with Crippen LogP contribution in [0.1, 0.15) is 47.0 Å². The second kappa shape index (κ2) is 6.65. The summed E-state index contributed by atoms with van der Waals surface area (Å²) in [6.45, 7) is 14.3. The van der Waals surface area contributed by atoms with Crippen molar-refractivity contribution >= 4 is 17.6 Å². The van der Waals surface area contributed by atoms with Gasteiger partial charge in [0.05, 0.1) is 17.9 Å². The summed E-state index contributed by atoms with van der Waals surface area (Å²) >= 11 is 0. The number of nitrogens with zero attached hydrogens (tertiary/aromatic N) is 2. The highest BCUT2D eigenvalue weighted by Gasteiger charge is 2.21. The Morgan fingerprint density at radius 2 is 2.13 bits per heavy atom. The SMILES string of the molecule is C=Cc1cc(C(=O)O)n(Cc2cccc(C)n2)c1C(=C)C(C)C. The Balaban J connectivity index is 2.63. The third kappa shape index (κ3) is 3.42. The Labute approximate surface area is 136 Å². The number of carboxylic acid groups (broad SMARTS) is 1. The largest absolute Gasteiger partial charge is 0.477 e. The molecule has 0 unspecified atom stereocenters. The molecule has 1 N–H and O–H groups in total. The van der Waals surface area contributed by atoms with Gasteiger partial charge >= 0.3 is 5.97 Å². The summed E-state index contributed by atoms with van der Waals surface area (Å²) in [7, 11) is 0. The minimum atomic E-state index is -0.969. The predicted octanol–water partition coefficient (Wildman–Crippen LogP) is 4.25. The zero-order chi connectivity index (χ0) is 17.1. The Bertz CT molecular complexity index is 770. The van der Waals surface area contributed by atoms with E-state index in [-0.39, 0.29) is 11.6 Å². The Morgan fingerprint density at radius 3 is 2.65 bits per heavy atom. The van der Waals surface area contributed by atoms with Crippen molar-refractivity contribution < 1.29 is 9.90 Å². The fourth-order valence-corrected chi connectivity index (χ4v) is 2.55. The van der Waals surface area contributed by atoms with E-state index in [4.69, 9.17) is 0 Å². The van der Waals surface area contributed by atoms with Crippen LogP contribution in [0.5, 0.6) is 0 Å². The van der Waals surface area contributed by atoms with Crippen LogP contribution >= 0.6 is 0 Å². The minimum Gasteiger partial charge on any atom is -0.477 e. The van der Waals surface area contributed by atoms with Gasteiger partial charge in [0.25, 0.3) is 0 Å². The molecular weight excluding hydrogens is 288 g/mol. The standard InChI is InChI=1S/C19H22N2O2/c1-6-15-10-17(19(22)23)21(18(15)14(5)12(2)3)11-16-9-7-8-13(4)20-16/h6-10,12H,1,5,11H2,2-4H3,(H,22,23).